The molecule has 0 spiro atoms. The predicted octanol–water partition coefficient (Wildman–Crippen LogP) is 8.50. The highest BCUT2D eigenvalue weighted by atomic mass is 32.2. The summed E-state index contributed by atoms with van der Waals surface area (Å²) in [4.78, 5) is 0. The van der Waals surface area contributed by atoms with Crippen molar-refractivity contribution in [3.05, 3.63) is 58.7 Å². The van der Waals surface area contributed by atoms with Crippen molar-refractivity contribution in [2.75, 3.05) is 5.75 Å². The Labute approximate surface area is 178 Å². The molecule has 2 aromatic carbocycles. The molecule has 0 radical (unpaired) electrons. The normalized spacial score (nSPS) is 13.1. The van der Waals surface area contributed by atoms with Crippen LogP contribution in [0.3, 0.4) is 0 Å². The Balaban J connectivity index is 2.71. The number of benzene rings is 2. The second-order valence-corrected chi connectivity index (χ2v) is 12.4. The van der Waals surface area contributed by atoms with Gasteiger partial charge in [0.25, 0.3) is 0 Å². The van der Waals surface area contributed by atoms with Crippen molar-refractivity contribution >= 4 is 11.8 Å². The van der Waals surface area contributed by atoms with Crippen LogP contribution in [0.4, 0.5) is 0 Å². The zero-order valence-electron chi connectivity index (χ0n) is 19.8. The quantitative estimate of drug-likeness (QED) is 0.499. The number of hydrogen-bond acceptors (Lipinski definition) is 1. The first-order chi connectivity index (χ1) is 12.7. The van der Waals surface area contributed by atoms with Gasteiger partial charge in [0.1, 0.15) is 0 Å². The highest BCUT2D eigenvalue weighted by molar-refractivity contribution is 7.98. The summed E-state index contributed by atoms with van der Waals surface area (Å²) in [5, 5.41) is 0. The van der Waals surface area contributed by atoms with Gasteiger partial charge in [-0.25, -0.2) is 0 Å². The minimum Gasteiger partial charge on any atom is -0.157 e. The second-order valence-electron chi connectivity index (χ2n) is 11.1. The van der Waals surface area contributed by atoms with Crippen molar-refractivity contribution in [1.82, 2.24) is 0 Å². The van der Waals surface area contributed by atoms with Crippen LogP contribution in [0.1, 0.15) is 91.5 Å². The van der Waals surface area contributed by atoms with E-state index in [2.05, 4.69) is 106 Å². The SMILES string of the molecule is CCSCc1cc(-c2cc(C(C)(C)C)cc(C(C)(C)C)c2)cc(C(C)(C)C)c1. The average Bonchev–Trinajstić information content (AvgIpc) is 2.57. The number of hydrogen-bond donors (Lipinski definition) is 0. The van der Waals surface area contributed by atoms with Gasteiger partial charge < -0.3 is 0 Å². The second kappa shape index (κ2) is 8.27. The van der Waals surface area contributed by atoms with Gasteiger partial charge in [-0.3, -0.25) is 0 Å². The smallest absolute Gasteiger partial charge is 0.0184 e. The summed E-state index contributed by atoms with van der Waals surface area (Å²) in [6.07, 6.45) is 0. The molecule has 28 heavy (non-hydrogen) atoms. The van der Waals surface area contributed by atoms with E-state index in [0.29, 0.717) is 0 Å². The van der Waals surface area contributed by atoms with Crippen LogP contribution in [0.5, 0.6) is 0 Å². The maximum absolute atomic E-state index is 2.41. The average molecular weight is 397 g/mol. The molecule has 0 unspecified atom stereocenters. The van der Waals surface area contributed by atoms with Gasteiger partial charge in [-0.1, -0.05) is 106 Å². The Morgan fingerprint density at radius 2 is 0.964 bits per heavy atom. The van der Waals surface area contributed by atoms with Crippen molar-refractivity contribution in [3.8, 4) is 11.1 Å². The molecule has 0 aliphatic carbocycles. The van der Waals surface area contributed by atoms with Crippen molar-refractivity contribution in [1.29, 1.82) is 0 Å². The molecule has 0 atom stereocenters. The third-order valence-electron chi connectivity index (χ3n) is 5.33. The first-order valence-electron chi connectivity index (χ1n) is 10.6. The minimum atomic E-state index is 0.137. The van der Waals surface area contributed by atoms with E-state index in [-0.39, 0.29) is 16.2 Å². The highest BCUT2D eigenvalue weighted by Gasteiger charge is 2.22. The molecule has 0 aliphatic rings. The first-order valence-corrected chi connectivity index (χ1v) is 11.8. The van der Waals surface area contributed by atoms with Crippen LogP contribution >= 0.6 is 11.8 Å². The van der Waals surface area contributed by atoms with Gasteiger partial charge in [-0.05, 0) is 55.4 Å². The first kappa shape index (κ1) is 23.1. The molecule has 0 bridgehead atoms. The molecule has 2 aromatic rings. The molecule has 0 amide bonds. The van der Waals surface area contributed by atoms with E-state index >= 15 is 0 Å². The van der Waals surface area contributed by atoms with E-state index in [1.54, 1.807) is 0 Å². The summed E-state index contributed by atoms with van der Waals surface area (Å²) >= 11 is 2.00. The van der Waals surface area contributed by atoms with Gasteiger partial charge in [0.05, 0.1) is 0 Å². The summed E-state index contributed by atoms with van der Waals surface area (Å²) in [6, 6.07) is 14.5. The molecule has 0 aliphatic heterocycles. The molecule has 0 N–H and O–H groups in total. The molecule has 0 fully saturated rings. The van der Waals surface area contributed by atoms with E-state index in [4.69, 9.17) is 0 Å². The molecule has 0 saturated heterocycles. The Kier molecular flexibility index (Phi) is 6.81. The molecular weight excluding hydrogens is 356 g/mol. The Morgan fingerprint density at radius 1 is 0.571 bits per heavy atom. The van der Waals surface area contributed by atoms with Crippen molar-refractivity contribution in [2.24, 2.45) is 0 Å². The standard InChI is InChI=1S/C27H40S/c1-11-28-18-19-12-20(14-22(13-19)25(2,3)4)21-15-23(26(5,6)7)17-24(16-21)27(8,9)10/h12-17H,11,18H2,1-10H3. The van der Waals surface area contributed by atoms with E-state index in [9.17, 15) is 0 Å². The summed E-state index contributed by atoms with van der Waals surface area (Å²) in [6.45, 7) is 23.1. The largest absolute Gasteiger partial charge is 0.157 e. The van der Waals surface area contributed by atoms with Crippen LogP contribution in [0.15, 0.2) is 36.4 Å². The third kappa shape index (κ3) is 5.89. The van der Waals surface area contributed by atoms with Crippen LogP contribution in [0.25, 0.3) is 11.1 Å². The lowest BCUT2D eigenvalue weighted by atomic mass is 9.78. The maximum atomic E-state index is 2.41. The summed E-state index contributed by atoms with van der Waals surface area (Å²) in [5.74, 6) is 2.24. The van der Waals surface area contributed by atoms with Crippen LogP contribution in [0.2, 0.25) is 0 Å². The summed E-state index contributed by atoms with van der Waals surface area (Å²) in [5.41, 5.74) is 8.83. The fourth-order valence-corrected chi connectivity index (χ4v) is 3.86. The molecule has 1 heteroatoms. The van der Waals surface area contributed by atoms with E-state index in [0.717, 1.165) is 11.5 Å². The predicted molar refractivity (Wildman–Crippen MR) is 130 cm³/mol. The highest BCUT2D eigenvalue weighted by Crippen LogP contribution is 2.36. The van der Waals surface area contributed by atoms with Gasteiger partial charge in [0, 0.05) is 5.75 Å². The molecular formula is C27H40S. The summed E-state index contributed by atoms with van der Waals surface area (Å²) < 4.78 is 0. The van der Waals surface area contributed by atoms with Gasteiger partial charge in [0.2, 0.25) is 0 Å². The fourth-order valence-electron chi connectivity index (χ4n) is 3.26. The number of thioether (sulfide) groups is 1. The van der Waals surface area contributed by atoms with E-state index < -0.39 is 0 Å². The number of rotatable bonds is 4. The van der Waals surface area contributed by atoms with E-state index in [1.165, 1.54) is 33.4 Å². The van der Waals surface area contributed by atoms with Gasteiger partial charge >= 0.3 is 0 Å². The monoisotopic (exact) mass is 396 g/mol. The van der Waals surface area contributed by atoms with E-state index in [1.807, 2.05) is 11.8 Å². The molecule has 2 rings (SSSR count). The Bertz CT molecular complexity index is 775. The van der Waals surface area contributed by atoms with Crippen LogP contribution in [-0.2, 0) is 22.0 Å². The minimum absolute atomic E-state index is 0.137. The van der Waals surface area contributed by atoms with Gasteiger partial charge in [-0.15, -0.1) is 0 Å². The fraction of sp³-hybridized carbons (Fsp3) is 0.556. The van der Waals surface area contributed by atoms with Crippen LogP contribution in [0, 0.1) is 0 Å². The van der Waals surface area contributed by atoms with Crippen LogP contribution in [-0.4, -0.2) is 5.75 Å². The lowest BCUT2D eigenvalue weighted by Gasteiger charge is -2.27. The lowest BCUT2D eigenvalue weighted by Crippen LogP contribution is -2.16. The van der Waals surface area contributed by atoms with Crippen molar-refractivity contribution < 1.29 is 0 Å². The molecule has 0 nitrogen and oxygen atoms in total. The maximum Gasteiger partial charge on any atom is 0.0184 e. The third-order valence-corrected chi connectivity index (χ3v) is 6.28. The Morgan fingerprint density at radius 3 is 1.36 bits per heavy atom. The van der Waals surface area contributed by atoms with Crippen molar-refractivity contribution in [3.63, 3.8) is 0 Å². The topological polar surface area (TPSA) is 0 Å². The lowest BCUT2D eigenvalue weighted by molar-refractivity contribution is 0.569. The molecule has 0 aromatic heterocycles. The van der Waals surface area contributed by atoms with Gasteiger partial charge in [0.15, 0.2) is 0 Å². The Hall–Kier alpha value is -1.21. The van der Waals surface area contributed by atoms with Crippen molar-refractivity contribution in [2.45, 2.75) is 91.2 Å². The molecule has 0 heterocycles. The van der Waals surface area contributed by atoms with Crippen LogP contribution < -0.4 is 0 Å². The molecule has 0 saturated carbocycles. The zero-order valence-corrected chi connectivity index (χ0v) is 20.6. The zero-order chi connectivity index (χ0) is 21.3. The summed E-state index contributed by atoms with van der Waals surface area (Å²) in [7, 11) is 0. The van der Waals surface area contributed by atoms with Gasteiger partial charge in [-0.2, -0.15) is 11.8 Å². The molecule has 154 valence electrons.